The van der Waals surface area contributed by atoms with E-state index >= 15 is 0 Å². The van der Waals surface area contributed by atoms with Crippen LogP contribution < -0.4 is 0 Å². The van der Waals surface area contributed by atoms with E-state index in [9.17, 15) is 0 Å². The van der Waals surface area contributed by atoms with E-state index in [0.717, 1.165) is 0 Å². The molecule has 0 aliphatic carbocycles. The molecule has 4 heavy (non-hydrogen) atoms. The summed E-state index contributed by atoms with van der Waals surface area (Å²) in [6.07, 6.45) is 0. The van der Waals surface area contributed by atoms with Crippen molar-refractivity contribution >= 4 is 0 Å². The standard InChI is InChI=1S/Ag.H2O.2O/h;1H2;;/q+1;;;/p-1. The van der Waals surface area contributed by atoms with Gasteiger partial charge in [0.25, 0.3) is 0 Å². The molecule has 0 spiro atoms. The quantitative estimate of drug-likeness (QED) is 0.468. The third kappa shape index (κ3) is 43.1. The fourth-order valence-corrected chi connectivity index (χ4v) is 0. The molecule has 0 saturated carbocycles. The van der Waals surface area contributed by atoms with Crippen LogP contribution in [-0.4, -0.2) is 3.61 Å². The van der Waals surface area contributed by atoms with Crippen LogP contribution in [0, 0.1) is 0 Å². The van der Waals surface area contributed by atoms with Crippen LogP contribution in [0.15, 0.2) is 0 Å². The molecule has 3 nitrogen and oxygen atoms in total. The molecular weight excluding hydrogens is 156 g/mol. The van der Waals surface area contributed by atoms with Gasteiger partial charge in [0.05, 0.1) is 0 Å². The van der Waals surface area contributed by atoms with Crippen molar-refractivity contribution in [2.24, 2.45) is 0 Å². The van der Waals surface area contributed by atoms with E-state index in [1.165, 1.54) is 0 Å². The molecular formula is HAgO3. The molecule has 0 amide bonds. The van der Waals surface area contributed by atoms with Gasteiger partial charge in [0, 0.05) is 0 Å². The van der Waals surface area contributed by atoms with Gasteiger partial charge in [-0.15, -0.1) is 0 Å². The van der Waals surface area contributed by atoms with Gasteiger partial charge < -0.3 is 0 Å². The molecule has 0 aliphatic rings. The zero-order valence-electron chi connectivity index (χ0n) is 1.57. The van der Waals surface area contributed by atoms with E-state index in [1.54, 1.807) is 0 Å². The molecule has 0 aromatic rings. The first kappa shape index (κ1) is 4.30. The van der Waals surface area contributed by atoms with Gasteiger partial charge in [-0.05, 0) is 0 Å². The summed E-state index contributed by atoms with van der Waals surface area (Å²) in [5, 5.41) is 0. The van der Waals surface area contributed by atoms with Crippen LogP contribution >= 0.6 is 0 Å². The Bertz CT molecular complexity index is 51.7. The van der Waals surface area contributed by atoms with Gasteiger partial charge in [0.15, 0.2) is 0 Å². The van der Waals surface area contributed by atoms with Gasteiger partial charge >= 0.3 is 28.9 Å². The van der Waals surface area contributed by atoms with Crippen molar-refractivity contribution in [1.82, 2.24) is 0 Å². The topological polar surface area (TPSA) is 54.4 Å². The minimum atomic E-state index is -3.39. The van der Waals surface area contributed by atoms with Gasteiger partial charge in [-0.3, -0.25) is 0 Å². The monoisotopic (exact) mass is 156 g/mol. The first-order chi connectivity index (χ1) is 1.73. The molecule has 0 aromatic carbocycles. The Hall–Kier alpha value is 0.300. The van der Waals surface area contributed by atoms with Gasteiger partial charge in [0.1, 0.15) is 0 Å². The van der Waals surface area contributed by atoms with E-state index < -0.39 is 18.8 Å². The molecule has 0 heterocycles. The van der Waals surface area contributed by atoms with Gasteiger partial charge in [0.2, 0.25) is 0 Å². The molecule has 0 fully saturated rings. The minimum absolute atomic E-state index is 3.39. The fraction of sp³-hybridized carbons (Fsp3) is 0. The van der Waals surface area contributed by atoms with E-state index in [0.29, 0.717) is 0 Å². The van der Waals surface area contributed by atoms with Crippen LogP contribution in [-0.2, 0) is 25.3 Å². The van der Waals surface area contributed by atoms with Crippen LogP contribution in [0.4, 0.5) is 0 Å². The van der Waals surface area contributed by atoms with Crippen molar-refractivity contribution in [1.29, 1.82) is 0 Å². The second kappa shape index (κ2) is 1.60. The third-order valence-electron chi connectivity index (χ3n) is 0. The molecule has 0 unspecified atom stereocenters. The fourth-order valence-electron chi connectivity index (χ4n) is 0. The van der Waals surface area contributed by atoms with Crippen LogP contribution in [0.2, 0.25) is 0 Å². The van der Waals surface area contributed by atoms with Crippen molar-refractivity contribution in [2.45, 2.75) is 0 Å². The first-order valence-corrected chi connectivity index (χ1v) is 2.25. The first-order valence-electron chi connectivity index (χ1n) is 0.381. The summed E-state index contributed by atoms with van der Waals surface area (Å²) < 4.78 is 24.3. The average Bonchev–Trinajstić information content (AvgIpc) is 0.811. The summed E-state index contributed by atoms with van der Waals surface area (Å²) in [4.78, 5) is 0. The van der Waals surface area contributed by atoms with E-state index in [4.69, 9.17) is 10.1 Å². The molecule has 0 radical (unpaired) electrons. The van der Waals surface area contributed by atoms with E-state index in [2.05, 4.69) is 0 Å². The summed E-state index contributed by atoms with van der Waals surface area (Å²) in [5.41, 5.74) is 0. The van der Waals surface area contributed by atoms with Crippen molar-refractivity contribution in [3.8, 4) is 0 Å². The predicted molar refractivity (Wildman–Crippen MR) is 3.59 cm³/mol. The third-order valence-corrected chi connectivity index (χ3v) is 0. The second-order valence-electron chi connectivity index (χ2n) is 0.160. The number of hydrogen-bond acceptors (Lipinski definition) is 2. The van der Waals surface area contributed by atoms with E-state index in [1.807, 2.05) is 0 Å². The zero-order chi connectivity index (χ0) is 3.58. The molecule has 4 heteroatoms. The Balaban J connectivity index is 3.51. The molecule has 0 atom stereocenters. The SMILES string of the molecule is [O]=[Ag](=[O])[OH]. The Morgan fingerprint density at radius 2 is 1.50 bits per heavy atom. The Morgan fingerprint density at radius 1 is 1.50 bits per heavy atom. The molecule has 0 aliphatic heterocycles. The molecule has 0 bridgehead atoms. The van der Waals surface area contributed by atoms with Crippen LogP contribution in [0.1, 0.15) is 0 Å². The summed E-state index contributed by atoms with van der Waals surface area (Å²) >= 11 is -3.39. The maximum atomic E-state index is 8.63. The Kier molecular flexibility index (Phi) is 1.72. The Morgan fingerprint density at radius 3 is 1.50 bits per heavy atom. The van der Waals surface area contributed by atoms with Crippen LogP contribution in [0.3, 0.4) is 0 Å². The van der Waals surface area contributed by atoms with Gasteiger partial charge in [-0.2, -0.15) is 0 Å². The molecule has 0 rings (SSSR count). The molecule has 0 aromatic heterocycles. The van der Waals surface area contributed by atoms with Gasteiger partial charge in [-0.1, -0.05) is 0 Å². The molecule has 0 saturated heterocycles. The average molecular weight is 157 g/mol. The summed E-state index contributed by atoms with van der Waals surface area (Å²) in [6.45, 7) is 0. The van der Waals surface area contributed by atoms with Crippen molar-refractivity contribution in [2.75, 3.05) is 0 Å². The van der Waals surface area contributed by atoms with Crippen molar-refractivity contribution in [3.63, 3.8) is 0 Å². The molecule has 1 N–H and O–H groups in total. The zero-order valence-corrected chi connectivity index (χ0v) is 3.05. The Labute approximate surface area is 29.5 Å². The number of hydrogen-bond donors (Lipinski definition) is 1. The summed E-state index contributed by atoms with van der Waals surface area (Å²) in [7, 11) is 0. The van der Waals surface area contributed by atoms with Crippen LogP contribution in [0.5, 0.6) is 0 Å². The summed E-state index contributed by atoms with van der Waals surface area (Å²) in [5.74, 6) is 0. The maximum absolute atomic E-state index is 8.63. The van der Waals surface area contributed by atoms with Crippen molar-refractivity contribution < 1.29 is 28.9 Å². The predicted octanol–water partition coefficient (Wildman–Crippen LogP) is -0.797. The summed E-state index contributed by atoms with van der Waals surface area (Å²) in [6, 6.07) is 0. The van der Waals surface area contributed by atoms with Crippen molar-refractivity contribution in [3.05, 3.63) is 0 Å². The molecule has 30 valence electrons. The number of rotatable bonds is 0. The van der Waals surface area contributed by atoms with Gasteiger partial charge in [-0.25, -0.2) is 0 Å². The normalized spacial score (nSPS) is 10.8. The van der Waals surface area contributed by atoms with Crippen LogP contribution in [0.25, 0.3) is 0 Å². The second-order valence-corrected chi connectivity index (χ2v) is 0.949. The van der Waals surface area contributed by atoms with E-state index in [-0.39, 0.29) is 0 Å².